The summed E-state index contributed by atoms with van der Waals surface area (Å²) < 4.78 is 19.5. The lowest BCUT2D eigenvalue weighted by Crippen LogP contribution is -2.56. The maximum Gasteiger partial charge on any atom is 0.237 e. The SMILES string of the molecule is C[C@H]1OCCN(Cc2cc(F)ccc2Br)[C@@H]1C(N)=O. The molecule has 104 valence electrons. The number of primary amides is 1. The van der Waals surface area contributed by atoms with Gasteiger partial charge in [-0.3, -0.25) is 9.69 Å². The quantitative estimate of drug-likeness (QED) is 0.917. The van der Waals surface area contributed by atoms with E-state index in [0.29, 0.717) is 19.7 Å². The Morgan fingerprint density at radius 1 is 1.63 bits per heavy atom. The molecule has 0 saturated carbocycles. The van der Waals surface area contributed by atoms with Crippen molar-refractivity contribution in [1.82, 2.24) is 4.90 Å². The largest absolute Gasteiger partial charge is 0.375 e. The van der Waals surface area contributed by atoms with Gasteiger partial charge in [-0.2, -0.15) is 0 Å². The molecule has 1 aromatic carbocycles. The topological polar surface area (TPSA) is 55.6 Å². The van der Waals surface area contributed by atoms with E-state index in [4.69, 9.17) is 10.5 Å². The Kier molecular flexibility index (Phi) is 4.54. The van der Waals surface area contributed by atoms with Gasteiger partial charge in [-0.15, -0.1) is 0 Å². The third-order valence-corrected chi connectivity index (χ3v) is 4.04. The molecule has 0 aromatic heterocycles. The van der Waals surface area contributed by atoms with Crippen molar-refractivity contribution >= 4 is 21.8 Å². The fourth-order valence-electron chi connectivity index (χ4n) is 2.35. The fraction of sp³-hybridized carbons (Fsp3) is 0.462. The van der Waals surface area contributed by atoms with Gasteiger partial charge in [0.15, 0.2) is 0 Å². The fourth-order valence-corrected chi connectivity index (χ4v) is 2.73. The average molecular weight is 331 g/mol. The third kappa shape index (κ3) is 3.32. The number of ether oxygens (including phenoxy) is 1. The zero-order valence-electron chi connectivity index (χ0n) is 10.6. The second-order valence-corrected chi connectivity index (χ2v) is 5.48. The van der Waals surface area contributed by atoms with Crippen LogP contribution >= 0.6 is 15.9 Å². The number of benzene rings is 1. The Balaban J connectivity index is 2.20. The van der Waals surface area contributed by atoms with Gasteiger partial charge in [-0.1, -0.05) is 15.9 Å². The first-order valence-electron chi connectivity index (χ1n) is 6.08. The van der Waals surface area contributed by atoms with Gasteiger partial charge in [-0.05, 0) is 30.7 Å². The molecule has 2 rings (SSSR count). The molecule has 0 aliphatic carbocycles. The molecular weight excluding hydrogens is 315 g/mol. The number of hydrogen-bond acceptors (Lipinski definition) is 3. The van der Waals surface area contributed by atoms with Gasteiger partial charge in [0.05, 0.1) is 12.7 Å². The molecule has 0 bridgehead atoms. The van der Waals surface area contributed by atoms with E-state index in [1.54, 1.807) is 6.07 Å². The maximum absolute atomic E-state index is 13.3. The smallest absolute Gasteiger partial charge is 0.237 e. The highest BCUT2D eigenvalue weighted by Crippen LogP contribution is 2.23. The molecule has 4 nitrogen and oxygen atoms in total. The average Bonchev–Trinajstić information content (AvgIpc) is 2.33. The van der Waals surface area contributed by atoms with Crippen molar-refractivity contribution in [2.24, 2.45) is 5.73 Å². The number of carbonyl (C=O) groups excluding carboxylic acids is 1. The first-order valence-corrected chi connectivity index (χ1v) is 6.87. The van der Waals surface area contributed by atoms with E-state index in [1.165, 1.54) is 12.1 Å². The van der Waals surface area contributed by atoms with E-state index in [-0.39, 0.29) is 11.9 Å². The van der Waals surface area contributed by atoms with Crippen molar-refractivity contribution in [3.63, 3.8) is 0 Å². The van der Waals surface area contributed by atoms with Crippen LogP contribution in [0.3, 0.4) is 0 Å². The summed E-state index contributed by atoms with van der Waals surface area (Å²) in [5.74, 6) is -0.713. The lowest BCUT2D eigenvalue weighted by atomic mass is 10.1. The maximum atomic E-state index is 13.3. The van der Waals surface area contributed by atoms with Crippen LogP contribution in [0.1, 0.15) is 12.5 Å². The number of nitrogens with zero attached hydrogens (tertiary/aromatic N) is 1. The van der Waals surface area contributed by atoms with Gasteiger partial charge >= 0.3 is 0 Å². The molecular formula is C13H16BrFN2O2. The van der Waals surface area contributed by atoms with Crippen LogP contribution in [0.25, 0.3) is 0 Å². The minimum absolute atomic E-state index is 0.251. The molecule has 19 heavy (non-hydrogen) atoms. The molecule has 2 atom stereocenters. The van der Waals surface area contributed by atoms with Crippen molar-refractivity contribution in [3.8, 4) is 0 Å². The summed E-state index contributed by atoms with van der Waals surface area (Å²) in [6.07, 6.45) is -0.251. The lowest BCUT2D eigenvalue weighted by molar-refractivity contribution is -0.136. The van der Waals surface area contributed by atoms with Crippen LogP contribution in [0.15, 0.2) is 22.7 Å². The molecule has 1 amide bonds. The molecule has 0 spiro atoms. The molecule has 0 unspecified atom stereocenters. The molecule has 0 radical (unpaired) electrons. The lowest BCUT2D eigenvalue weighted by Gasteiger charge is -2.38. The zero-order valence-corrected chi connectivity index (χ0v) is 12.2. The number of nitrogens with two attached hydrogens (primary N) is 1. The minimum atomic E-state index is -0.482. The van der Waals surface area contributed by atoms with E-state index < -0.39 is 11.9 Å². The number of morpholine rings is 1. The van der Waals surface area contributed by atoms with Gasteiger partial charge in [0, 0.05) is 17.6 Å². The predicted molar refractivity (Wildman–Crippen MR) is 72.9 cm³/mol. The van der Waals surface area contributed by atoms with Gasteiger partial charge in [0.1, 0.15) is 11.9 Å². The zero-order chi connectivity index (χ0) is 14.0. The van der Waals surface area contributed by atoms with Crippen molar-refractivity contribution < 1.29 is 13.9 Å². The van der Waals surface area contributed by atoms with Crippen LogP contribution in [0.5, 0.6) is 0 Å². The highest BCUT2D eigenvalue weighted by molar-refractivity contribution is 9.10. The van der Waals surface area contributed by atoms with E-state index in [9.17, 15) is 9.18 Å². The van der Waals surface area contributed by atoms with Crippen molar-refractivity contribution in [2.45, 2.75) is 25.6 Å². The Hall–Kier alpha value is -0.980. The van der Waals surface area contributed by atoms with E-state index in [0.717, 1.165) is 10.0 Å². The molecule has 1 heterocycles. The first kappa shape index (κ1) is 14.4. The van der Waals surface area contributed by atoms with Crippen LogP contribution in [-0.4, -0.2) is 36.1 Å². The Morgan fingerprint density at radius 3 is 3.05 bits per heavy atom. The van der Waals surface area contributed by atoms with Crippen LogP contribution in [-0.2, 0) is 16.1 Å². The summed E-state index contributed by atoms with van der Waals surface area (Å²) in [6, 6.07) is 4.03. The molecule has 2 N–H and O–H groups in total. The van der Waals surface area contributed by atoms with Gasteiger partial charge in [0.25, 0.3) is 0 Å². The summed E-state index contributed by atoms with van der Waals surface area (Å²) in [7, 11) is 0. The molecule has 1 saturated heterocycles. The first-order chi connectivity index (χ1) is 8.99. The Bertz CT molecular complexity index is 484. The second kappa shape index (κ2) is 5.98. The van der Waals surface area contributed by atoms with E-state index >= 15 is 0 Å². The van der Waals surface area contributed by atoms with Crippen LogP contribution < -0.4 is 5.73 Å². The predicted octanol–water partition coefficient (Wildman–Crippen LogP) is 1.66. The number of amides is 1. The number of rotatable bonds is 3. The van der Waals surface area contributed by atoms with Crippen molar-refractivity contribution in [3.05, 3.63) is 34.1 Å². The van der Waals surface area contributed by atoms with Gasteiger partial charge < -0.3 is 10.5 Å². The summed E-state index contributed by atoms with van der Waals surface area (Å²) in [5, 5.41) is 0. The van der Waals surface area contributed by atoms with E-state index in [1.807, 2.05) is 11.8 Å². The van der Waals surface area contributed by atoms with Gasteiger partial charge in [-0.25, -0.2) is 4.39 Å². The number of carbonyl (C=O) groups is 1. The third-order valence-electron chi connectivity index (χ3n) is 3.27. The van der Waals surface area contributed by atoms with E-state index in [2.05, 4.69) is 15.9 Å². The monoisotopic (exact) mass is 330 g/mol. The number of halogens is 2. The molecule has 6 heteroatoms. The van der Waals surface area contributed by atoms with Crippen molar-refractivity contribution in [2.75, 3.05) is 13.2 Å². The molecule has 1 aromatic rings. The van der Waals surface area contributed by atoms with Crippen LogP contribution in [0.2, 0.25) is 0 Å². The minimum Gasteiger partial charge on any atom is -0.375 e. The highest BCUT2D eigenvalue weighted by Gasteiger charge is 2.33. The Morgan fingerprint density at radius 2 is 2.37 bits per heavy atom. The van der Waals surface area contributed by atoms with Gasteiger partial charge in [0.2, 0.25) is 5.91 Å². The molecule has 1 aliphatic heterocycles. The second-order valence-electron chi connectivity index (χ2n) is 4.63. The molecule has 1 fully saturated rings. The van der Waals surface area contributed by atoms with Crippen LogP contribution in [0, 0.1) is 5.82 Å². The summed E-state index contributed by atoms with van der Waals surface area (Å²) in [5.41, 5.74) is 6.22. The number of hydrogen-bond donors (Lipinski definition) is 1. The summed E-state index contributed by atoms with van der Waals surface area (Å²) >= 11 is 3.39. The van der Waals surface area contributed by atoms with Crippen LogP contribution in [0.4, 0.5) is 4.39 Å². The summed E-state index contributed by atoms with van der Waals surface area (Å²) in [6.45, 7) is 3.42. The highest BCUT2D eigenvalue weighted by atomic mass is 79.9. The molecule has 1 aliphatic rings. The standard InChI is InChI=1S/C13H16BrFN2O2/c1-8-12(13(16)18)17(4-5-19-8)7-9-6-10(15)2-3-11(9)14/h2-3,6,8,12H,4-5,7H2,1H3,(H2,16,18)/t8-,12+/m1/s1. The Labute approximate surface area is 119 Å². The van der Waals surface area contributed by atoms with Crippen molar-refractivity contribution in [1.29, 1.82) is 0 Å². The summed E-state index contributed by atoms with van der Waals surface area (Å²) in [4.78, 5) is 13.5. The normalized spacial score (nSPS) is 24.4.